The van der Waals surface area contributed by atoms with Gasteiger partial charge in [0.25, 0.3) is 0 Å². The van der Waals surface area contributed by atoms with Crippen LogP contribution >= 0.6 is 0 Å². The average molecular weight is 289 g/mol. The van der Waals surface area contributed by atoms with Crippen molar-refractivity contribution in [3.63, 3.8) is 0 Å². The van der Waals surface area contributed by atoms with Crippen molar-refractivity contribution in [3.05, 3.63) is 0 Å². The molecule has 0 heterocycles. The first-order valence-electron chi connectivity index (χ1n) is 7.06. The Morgan fingerprint density at radius 2 is 1.79 bits per heavy atom. The zero-order valence-corrected chi connectivity index (χ0v) is 13.4. The highest BCUT2D eigenvalue weighted by molar-refractivity contribution is 7.90. The molecule has 1 aliphatic carbocycles. The number of Topliss-reactive ketones (excluding diaryl/α,β-unsaturated/α-hetero) is 1. The van der Waals surface area contributed by atoms with Gasteiger partial charge < -0.3 is 0 Å². The molecule has 1 saturated carbocycles. The molecule has 1 fully saturated rings. The zero-order chi connectivity index (χ0) is 14.7. The number of rotatable bonds is 6. The van der Waals surface area contributed by atoms with E-state index in [0.717, 1.165) is 25.7 Å². The fraction of sp³-hybridized carbons (Fsp3) is 0.929. The Bertz CT molecular complexity index is 406. The second-order valence-corrected chi connectivity index (χ2v) is 8.52. The Morgan fingerprint density at radius 1 is 1.26 bits per heavy atom. The summed E-state index contributed by atoms with van der Waals surface area (Å²) in [6.07, 6.45) is 6.01. The molecule has 1 aliphatic rings. The molecule has 0 spiro atoms. The lowest BCUT2D eigenvalue weighted by Gasteiger charge is -2.43. The monoisotopic (exact) mass is 289 g/mol. The third-order valence-corrected chi connectivity index (χ3v) is 5.43. The number of hydrogen-bond acceptors (Lipinski definition) is 4. The summed E-state index contributed by atoms with van der Waals surface area (Å²) < 4.78 is 22.2. The third-order valence-electron chi connectivity index (χ3n) is 4.40. The van der Waals surface area contributed by atoms with Crippen LogP contribution in [0.25, 0.3) is 0 Å². The quantitative estimate of drug-likeness (QED) is 0.749. The summed E-state index contributed by atoms with van der Waals surface area (Å²) in [6, 6.07) is 0. The van der Waals surface area contributed by atoms with Crippen LogP contribution in [0.15, 0.2) is 0 Å². The van der Waals surface area contributed by atoms with Crippen molar-refractivity contribution >= 4 is 15.6 Å². The largest absolute Gasteiger partial charge is 0.298 e. The van der Waals surface area contributed by atoms with Gasteiger partial charge in [-0.25, -0.2) is 8.42 Å². The SMILES string of the molecule is CC1CCC(C(=O)CCCS(C)(=O)=O)(N(C)C)CC1. The Balaban J connectivity index is 2.64. The van der Waals surface area contributed by atoms with Gasteiger partial charge in [0.15, 0.2) is 5.78 Å². The van der Waals surface area contributed by atoms with Crippen LogP contribution in [0.4, 0.5) is 0 Å². The molecule has 4 nitrogen and oxygen atoms in total. The fourth-order valence-electron chi connectivity index (χ4n) is 2.94. The van der Waals surface area contributed by atoms with E-state index in [2.05, 4.69) is 6.92 Å². The van der Waals surface area contributed by atoms with Gasteiger partial charge in [-0.05, 0) is 52.1 Å². The molecule has 0 N–H and O–H groups in total. The van der Waals surface area contributed by atoms with Gasteiger partial charge in [-0.15, -0.1) is 0 Å². The molecule has 112 valence electrons. The lowest BCUT2D eigenvalue weighted by atomic mass is 9.73. The lowest BCUT2D eigenvalue weighted by molar-refractivity contribution is -0.132. The first-order valence-corrected chi connectivity index (χ1v) is 9.12. The maximum Gasteiger partial charge on any atom is 0.153 e. The standard InChI is InChI=1S/C14H27NO3S/c1-12-7-9-14(10-8-12,15(2)3)13(16)6-5-11-19(4,17)18/h12H,5-11H2,1-4H3. The Labute approximate surface area is 117 Å². The van der Waals surface area contributed by atoms with Crippen LogP contribution < -0.4 is 0 Å². The highest BCUT2D eigenvalue weighted by atomic mass is 32.2. The molecule has 0 bridgehead atoms. The first-order chi connectivity index (χ1) is 8.67. The van der Waals surface area contributed by atoms with Crippen molar-refractivity contribution in [1.29, 1.82) is 0 Å². The molecule has 0 radical (unpaired) electrons. The number of carbonyl (C=O) groups excluding carboxylic acids is 1. The van der Waals surface area contributed by atoms with E-state index in [-0.39, 0.29) is 17.1 Å². The van der Waals surface area contributed by atoms with Crippen molar-refractivity contribution in [2.24, 2.45) is 5.92 Å². The van der Waals surface area contributed by atoms with Gasteiger partial charge in [-0.3, -0.25) is 9.69 Å². The molecule has 0 aromatic rings. The molecule has 19 heavy (non-hydrogen) atoms. The summed E-state index contributed by atoms with van der Waals surface area (Å²) in [5.41, 5.74) is -0.357. The highest BCUT2D eigenvalue weighted by Gasteiger charge is 2.41. The van der Waals surface area contributed by atoms with Crippen LogP contribution in [0.3, 0.4) is 0 Å². The van der Waals surface area contributed by atoms with Gasteiger partial charge in [0.05, 0.1) is 11.3 Å². The fourth-order valence-corrected chi connectivity index (χ4v) is 3.61. The van der Waals surface area contributed by atoms with E-state index in [1.54, 1.807) is 0 Å². The summed E-state index contributed by atoms with van der Waals surface area (Å²) in [4.78, 5) is 14.6. The second-order valence-electron chi connectivity index (χ2n) is 6.27. The van der Waals surface area contributed by atoms with E-state index < -0.39 is 9.84 Å². The van der Waals surface area contributed by atoms with E-state index in [1.165, 1.54) is 6.26 Å². The number of hydrogen-bond donors (Lipinski definition) is 0. The molecule has 0 unspecified atom stereocenters. The summed E-state index contributed by atoms with van der Waals surface area (Å²) in [5, 5.41) is 0. The maximum absolute atomic E-state index is 12.5. The maximum atomic E-state index is 12.5. The van der Waals surface area contributed by atoms with Crippen molar-refractivity contribution < 1.29 is 13.2 Å². The number of sulfone groups is 1. The molecule has 1 rings (SSSR count). The van der Waals surface area contributed by atoms with Crippen LogP contribution in [-0.4, -0.2) is 50.7 Å². The average Bonchev–Trinajstić information content (AvgIpc) is 2.28. The molecular formula is C14H27NO3S. The molecule has 0 atom stereocenters. The Hall–Kier alpha value is -0.420. The summed E-state index contributed by atoms with van der Waals surface area (Å²) in [6.45, 7) is 2.23. The molecule has 0 aromatic carbocycles. The van der Waals surface area contributed by atoms with Gasteiger partial charge in [0.2, 0.25) is 0 Å². The smallest absolute Gasteiger partial charge is 0.153 e. The molecule has 0 saturated heterocycles. The van der Waals surface area contributed by atoms with Gasteiger partial charge in [-0.2, -0.15) is 0 Å². The van der Waals surface area contributed by atoms with E-state index in [4.69, 9.17) is 0 Å². The predicted octanol–water partition coefficient (Wildman–Crippen LogP) is 1.89. The van der Waals surface area contributed by atoms with Crippen molar-refractivity contribution in [2.45, 2.75) is 51.0 Å². The molecular weight excluding hydrogens is 262 g/mol. The van der Waals surface area contributed by atoms with Crippen molar-refractivity contribution in [2.75, 3.05) is 26.1 Å². The summed E-state index contributed by atoms with van der Waals surface area (Å²) in [5.74, 6) is 1.02. The van der Waals surface area contributed by atoms with Gasteiger partial charge in [-0.1, -0.05) is 6.92 Å². The lowest BCUT2D eigenvalue weighted by Crippen LogP contribution is -2.53. The summed E-state index contributed by atoms with van der Waals surface area (Å²) in [7, 11) is 0.960. The van der Waals surface area contributed by atoms with Gasteiger partial charge in [0.1, 0.15) is 9.84 Å². The van der Waals surface area contributed by atoms with Crippen LogP contribution in [0.5, 0.6) is 0 Å². The molecule has 0 amide bonds. The zero-order valence-electron chi connectivity index (χ0n) is 12.6. The third kappa shape index (κ3) is 4.56. The van der Waals surface area contributed by atoms with E-state index in [1.807, 2.05) is 19.0 Å². The predicted molar refractivity (Wildman–Crippen MR) is 78.0 cm³/mol. The van der Waals surface area contributed by atoms with Crippen LogP contribution in [-0.2, 0) is 14.6 Å². The van der Waals surface area contributed by atoms with E-state index in [0.29, 0.717) is 18.8 Å². The molecule has 5 heteroatoms. The topological polar surface area (TPSA) is 54.5 Å². The summed E-state index contributed by atoms with van der Waals surface area (Å²) >= 11 is 0. The van der Waals surface area contributed by atoms with Gasteiger partial charge >= 0.3 is 0 Å². The van der Waals surface area contributed by atoms with Crippen LogP contribution in [0, 0.1) is 5.92 Å². The highest BCUT2D eigenvalue weighted by Crippen LogP contribution is 2.36. The molecule has 0 aromatic heterocycles. The minimum atomic E-state index is -2.97. The minimum Gasteiger partial charge on any atom is -0.298 e. The van der Waals surface area contributed by atoms with E-state index in [9.17, 15) is 13.2 Å². The number of likely N-dealkylation sites (N-methyl/N-ethyl adjacent to an activating group) is 1. The second kappa shape index (κ2) is 6.35. The van der Waals surface area contributed by atoms with Gasteiger partial charge in [0, 0.05) is 12.7 Å². The number of nitrogens with zero attached hydrogens (tertiary/aromatic N) is 1. The van der Waals surface area contributed by atoms with E-state index >= 15 is 0 Å². The number of ketones is 1. The normalized spacial score (nSPS) is 28.6. The minimum absolute atomic E-state index is 0.110. The van der Waals surface area contributed by atoms with Crippen molar-refractivity contribution in [1.82, 2.24) is 4.90 Å². The Kier molecular flexibility index (Phi) is 5.56. The van der Waals surface area contributed by atoms with Crippen LogP contribution in [0.2, 0.25) is 0 Å². The van der Waals surface area contributed by atoms with Crippen molar-refractivity contribution in [3.8, 4) is 0 Å². The molecule has 0 aliphatic heterocycles. The first kappa shape index (κ1) is 16.6. The van der Waals surface area contributed by atoms with Crippen LogP contribution in [0.1, 0.15) is 45.4 Å². The number of carbonyl (C=O) groups is 1. The Morgan fingerprint density at radius 3 is 2.21 bits per heavy atom.